The highest BCUT2D eigenvalue weighted by molar-refractivity contribution is 7.90. The summed E-state index contributed by atoms with van der Waals surface area (Å²) in [6.45, 7) is 6.60. The molecule has 0 aliphatic rings. The Hall–Kier alpha value is -2.72. The number of pyridine rings is 1. The molecule has 0 saturated heterocycles. The number of aromatic nitrogens is 1. The van der Waals surface area contributed by atoms with Gasteiger partial charge in [-0.2, -0.15) is 0 Å². The molecule has 3 N–H and O–H groups in total. The van der Waals surface area contributed by atoms with Gasteiger partial charge in [-0.05, 0) is 45.9 Å². The third-order valence-electron chi connectivity index (χ3n) is 3.77. The number of nitrogens with one attached hydrogen (secondary N) is 3. The predicted molar refractivity (Wildman–Crippen MR) is 110 cm³/mol. The lowest BCUT2D eigenvalue weighted by atomic mass is 10.3. The first kappa shape index (κ1) is 22.6. The molecule has 0 aliphatic heterocycles. The largest absolute Gasteiger partial charge is 0.492 e. The number of anilines is 2. The molecule has 1 heterocycles. The Kier molecular flexibility index (Phi) is 7.15. The fraction of sp³-hybridized carbons (Fsp3) is 0.368. The maximum Gasteiger partial charge on any atom is 0.323 e. The molecule has 29 heavy (non-hydrogen) atoms. The van der Waals surface area contributed by atoms with Crippen molar-refractivity contribution in [3.05, 3.63) is 48.0 Å². The van der Waals surface area contributed by atoms with E-state index in [-0.39, 0.29) is 24.6 Å². The van der Waals surface area contributed by atoms with Gasteiger partial charge in [0.15, 0.2) is 0 Å². The van der Waals surface area contributed by atoms with Crippen LogP contribution in [0.4, 0.5) is 20.6 Å². The SMILES string of the molecule is Cc1ccc(NC(=O)Nc2cc(F)cc(OCCNS(=O)(=O)C(C)(C)C)c2)cn1. The number of benzene rings is 1. The minimum atomic E-state index is -3.49. The zero-order chi connectivity index (χ0) is 21.7. The number of carbonyl (C=O) groups is 1. The molecule has 0 fully saturated rings. The van der Waals surface area contributed by atoms with Crippen LogP contribution in [0.15, 0.2) is 36.5 Å². The van der Waals surface area contributed by atoms with Crippen LogP contribution >= 0.6 is 0 Å². The lowest BCUT2D eigenvalue weighted by Crippen LogP contribution is -2.41. The number of rotatable bonds is 7. The second-order valence-electron chi connectivity index (χ2n) is 7.30. The number of hydrogen-bond acceptors (Lipinski definition) is 5. The summed E-state index contributed by atoms with van der Waals surface area (Å²) in [5.41, 5.74) is 1.49. The normalized spacial score (nSPS) is 11.8. The van der Waals surface area contributed by atoms with Crippen molar-refractivity contribution in [2.45, 2.75) is 32.4 Å². The standard InChI is InChI=1S/C19H25FN4O4S/c1-13-5-6-15(12-21-13)23-18(25)24-16-9-14(20)10-17(11-16)28-8-7-22-29(26,27)19(2,3)4/h5-6,9-12,22H,7-8H2,1-4H3,(H2,23,24,25). The molecule has 2 rings (SSSR count). The van der Waals surface area contributed by atoms with E-state index in [1.807, 2.05) is 6.92 Å². The molecule has 0 atom stereocenters. The second kappa shape index (κ2) is 9.19. The molecule has 2 amide bonds. The Morgan fingerprint density at radius 2 is 1.83 bits per heavy atom. The maximum atomic E-state index is 13.8. The molecular formula is C19H25FN4O4S. The zero-order valence-electron chi connectivity index (χ0n) is 16.7. The number of halogens is 1. The van der Waals surface area contributed by atoms with Gasteiger partial charge in [0, 0.05) is 30.1 Å². The first-order valence-electron chi connectivity index (χ1n) is 8.89. The highest BCUT2D eigenvalue weighted by atomic mass is 32.2. The minimum absolute atomic E-state index is 0.000560. The van der Waals surface area contributed by atoms with Crippen LogP contribution in [0.3, 0.4) is 0 Å². The van der Waals surface area contributed by atoms with Gasteiger partial charge >= 0.3 is 6.03 Å². The van der Waals surface area contributed by atoms with Crippen molar-refractivity contribution in [3.63, 3.8) is 0 Å². The molecule has 0 saturated carbocycles. The highest BCUT2D eigenvalue weighted by Crippen LogP contribution is 2.21. The molecule has 0 aliphatic carbocycles. The quantitative estimate of drug-likeness (QED) is 0.591. The minimum Gasteiger partial charge on any atom is -0.492 e. The van der Waals surface area contributed by atoms with Crippen molar-refractivity contribution in [3.8, 4) is 5.75 Å². The summed E-state index contributed by atoms with van der Waals surface area (Å²) < 4.78 is 44.7. The predicted octanol–water partition coefficient (Wildman–Crippen LogP) is 3.27. The second-order valence-corrected chi connectivity index (χ2v) is 9.82. The van der Waals surface area contributed by atoms with E-state index in [0.717, 1.165) is 17.8 Å². The highest BCUT2D eigenvalue weighted by Gasteiger charge is 2.28. The molecule has 8 nitrogen and oxygen atoms in total. The molecule has 0 radical (unpaired) electrons. The Balaban J connectivity index is 1.92. The summed E-state index contributed by atoms with van der Waals surface area (Å²) in [5, 5.41) is 5.10. The van der Waals surface area contributed by atoms with Gasteiger partial charge in [-0.25, -0.2) is 22.3 Å². The number of hydrogen-bond donors (Lipinski definition) is 3. The molecule has 158 valence electrons. The van der Waals surface area contributed by atoms with Crippen LogP contribution < -0.4 is 20.1 Å². The lowest BCUT2D eigenvalue weighted by Gasteiger charge is -2.19. The van der Waals surface area contributed by atoms with Gasteiger partial charge in [0.05, 0.1) is 16.6 Å². The summed E-state index contributed by atoms with van der Waals surface area (Å²) in [6.07, 6.45) is 1.51. The fourth-order valence-corrected chi connectivity index (χ4v) is 2.90. The van der Waals surface area contributed by atoms with E-state index >= 15 is 0 Å². The van der Waals surface area contributed by atoms with E-state index in [4.69, 9.17) is 4.74 Å². The van der Waals surface area contributed by atoms with Crippen LogP contribution in [-0.4, -0.2) is 37.3 Å². The Labute approximate surface area is 169 Å². The smallest absolute Gasteiger partial charge is 0.323 e. The monoisotopic (exact) mass is 424 g/mol. The number of carbonyl (C=O) groups excluding carboxylic acids is 1. The van der Waals surface area contributed by atoms with Crippen LogP contribution in [0.25, 0.3) is 0 Å². The van der Waals surface area contributed by atoms with Crippen LogP contribution in [0.2, 0.25) is 0 Å². The van der Waals surface area contributed by atoms with Gasteiger partial charge in [0.1, 0.15) is 18.2 Å². The molecular weight excluding hydrogens is 399 g/mol. The third-order valence-corrected chi connectivity index (χ3v) is 5.96. The van der Waals surface area contributed by atoms with Crippen molar-refractivity contribution in [2.24, 2.45) is 0 Å². The Morgan fingerprint density at radius 3 is 2.45 bits per heavy atom. The number of amides is 2. The van der Waals surface area contributed by atoms with E-state index in [2.05, 4.69) is 20.3 Å². The van der Waals surface area contributed by atoms with Crippen molar-refractivity contribution >= 4 is 27.4 Å². The number of ether oxygens (including phenoxy) is 1. The van der Waals surface area contributed by atoms with E-state index in [1.54, 1.807) is 32.9 Å². The van der Waals surface area contributed by atoms with Crippen LogP contribution in [0.1, 0.15) is 26.5 Å². The van der Waals surface area contributed by atoms with E-state index in [1.165, 1.54) is 12.3 Å². The van der Waals surface area contributed by atoms with Gasteiger partial charge < -0.3 is 15.4 Å². The van der Waals surface area contributed by atoms with Crippen LogP contribution in [0.5, 0.6) is 5.75 Å². The van der Waals surface area contributed by atoms with Gasteiger partial charge in [0.25, 0.3) is 0 Å². The van der Waals surface area contributed by atoms with Gasteiger partial charge in [-0.1, -0.05) is 0 Å². The van der Waals surface area contributed by atoms with E-state index in [9.17, 15) is 17.6 Å². The van der Waals surface area contributed by atoms with Crippen LogP contribution in [-0.2, 0) is 10.0 Å². The summed E-state index contributed by atoms with van der Waals surface area (Å²) in [6, 6.07) is 6.60. The summed E-state index contributed by atoms with van der Waals surface area (Å²) in [7, 11) is -3.49. The number of urea groups is 1. The fourth-order valence-electron chi connectivity index (χ4n) is 2.11. The number of nitrogens with zero attached hydrogens (tertiary/aromatic N) is 1. The van der Waals surface area contributed by atoms with Gasteiger partial charge in [-0.3, -0.25) is 4.98 Å². The molecule has 0 unspecified atom stereocenters. The summed E-state index contributed by atoms with van der Waals surface area (Å²) in [4.78, 5) is 16.1. The number of sulfonamides is 1. The van der Waals surface area contributed by atoms with E-state index < -0.39 is 26.6 Å². The zero-order valence-corrected chi connectivity index (χ0v) is 17.6. The first-order chi connectivity index (χ1) is 13.5. The van der Waals surface area contributed by atoms with Crippen LogP contribution in [0, 0.1) is 12.7 Å². The topological polar surface area (TPSA) is 109 Å². The molecule has 1 aromatic heterocycles. The molecule has 0 spiro atoms. The van der Waals surface area contributed by atoms with E-state index in [0.29, 0.717) is 5.69 Å². The molecule has 10 heteroatoms. The van der Waals surface area contributed by atoms with Crippen molar-refractivity contribution in [1.82, 2.24) is 9.71 Å². The Bertz CT molecular complexity index is 957. The number of aryl methyl sites for hydroxylation is 1. The summed E-state index contributed by atoms with van der Waals surface area (Å²) >= 11 is 0. The first-order valence-corrected chi connectivity index (χ1v) is 10.4. The molecule has 1 aromatic carbocycles. The summed E-state index contributed by atoms with van der Waals surface area (Å²) in [5.74, 6) is -0.447. The average Bonchev–Trinajstić information content (AvgIpc) is 2.59. The van der Waals surface area contributed by atoms with Crippen molar-refractivity contribution in [1.29, 1.82) is 0 Å². The molecule has 2 aromatic rings. The average molecular weight is 424 g/mol. The third kappa shape index (κ3) is 6.99. The molecule has 0 bridgehead atoms. The lowest BCUT2D eigenvalue weighted by molar-refractivity contribution is 0.262. The van der Waals surface area contributed by atoms with Crippen molar-refractivity contribution in [2.75, 3.05) is 23.8 Å². The Morgan fingerprint density at radius 1 is 1.14 bits per heavy atom. The maximum absolute atomic E-state index is 13.8. The van der Waals surface area contributed by atoms with Gasteiger partial charge in [0.2, 0.25) is 10.0 Å². The van der Waals surface area contributed by atoms with Gasteiger partial charge in [-0.15, -0.1) is 0 Å². The van der Waals surface area contributed by atoms with Crippen molar-refractivity contribution < 1.29 is 22.3 Å².